The number of nitrogens with zero attached hydrogens (tertiary/aromatic N) is 1. The minimum Gasteiger partial charge on any atom is -0.488 e. The van der Waals surface area contributed by atoms with Crippen molar-refractivity contribution < 1.29 is 19.2 Å². The molecule has 0 saturated carbocycles. The highest BCUT2D eigenvalue weighted by Crippen LogP contribution is 2.24. The van der Waals surface area contributed by atoms with Crippen molar-refractivity contribution in [2.24, 2.45) is 0 Å². The van der Waals surface area contributed by atoms with Crippen LogP contribution in [0.1, 0.15) is 10.4 Å². The van der Waals surface area contributed by atoms with E-state index >= 15 is 0 Å². The van der Waals surface area contributed by atoms with Crippen LogP contribution in [-0.4, -0.2) is 24.1 Å². The number of halogens is 2. The van der Waals surface area contributed by atoms with Crippen molar-refractivity contribution in [2.75, 3.05) is 13.2 Å². The van der Waals surface area contributed by atoms with Gasteiger partial charge in [0.1, 0.15) is 24.5 Å². The smallest absolute Gasteiger partial charge is 0.345 e. The quantitative estimate of drug-likeness (QED) is 0.336. The van der Waals surface area contributed by atoms with Gasteiger partial charge in [-0.15, -0.1) is 0 Å². The Kier molecular flexibility index (Phi) is 5.78. The standard InChI is InChI=1S/C15H11Cl2NO5/c16-10-5-6-13(18(20)21)11(9-10)15(19)23-8-7-22-14-4-2-1-3-12(14)17/h1-6,9H,7-8H2. The molecule has 2 rings (SSSR count). The first-order chi connectivity index (χ1) is 11.0. The van der Waals surface area contributed by atoms with Gasteiger partial charge in [-0.05, 0) is 24.3 Å². The van der Waals surface area contributed by atoms with E-state index in [2.05, 4.69) is 0 Å². The van der Waals surface area contributed by atoms with Crippen LogP contribution in [-0.2, 0) is 4.74 Å². The van der Waals surface area contributed by atoms with E-state index in [0.717, 1.165) is 6.07 Å². The third-order valence-electron chi connectivity index (χ3n) is 2.79. The molecule has 0 aliphatic rings. The van der Waals surface area contributed by atoms with Crippen LogP contribution in [0, 0.1) is 10.1 Å². The fourth-order valence-corrected chi connectivity index (χ4v) is 2.12. The molecular weight excluding hydrogens is 345 g/mol. The fourth-order valence-electron chi connectivity index (χ4n) is 1.76. The summed E-state index contributed by atoms with van der Waals surface area (Å²) in [6.07, 6.45) is 0. The molecule has 0 aromatic heterocycles. The molecule has 0 fully saturated rings. The molecule has 120 valence electrons. The van der Waals surface area contributed by atoms with Crippen LogP contribution in [0.25, 0.3) is 0 Å². The normalized spacial score (nSPS) is 10.2. The monoisotopic (exact) mass is 355 g/mol. The van der Waals surface area contributed by atoms with Gasteiger partial charge >= 0.3 is 5.97 Å². The van der Waals surface area contributed by atoms with Gasteiger partial charge in [0.05, 0.1) is 9.95 Å². The van der Waals surface area contributed by atoms with Gasteiger partial charge in [0.2, 0.25) is 0 Å². The summed E-state index contributed by atoms with van der Waals surface area (Å²) in [5, 5.41) is 11.5. The maximum atomic E-state index is 11.9. The van der Waals surface area contributed by atoms with Gasteiger partial charge < -0.3 is 9.47 Å². The number of para-hydroxylation sites is 1. The summed E-state index contributed by atoms with van der Waals surface area (Å²) in [6.45, 7) is -0.0302. The Morgan fingerprint density at radius 3 is 2.57 bits per heavy atom. The first-order valence-corrected chi connectivity index (χ1v) is 7.23. The van der Waals surface area contributed by atoms with Crippen molar-refractivity contribution in [1.29, 1.82) is 0 Å². The Bertz CT molecular complexity index is 736. The molecule has 2 aromatic rings. The van der Waals surface area contributed by atoms with Gasteiger partial charge in [0, 0.05) is 11.1 Å². The number of carbonyl (C=O) groups excluding carboxylic acids is 1. The van der Waals surface area contributed by atoms with Crippen LogP contribution in [0.4, 0.5) is 5.69 Å². The highest BCUT2D eigenvalue weighted by atomic mass is 35.5. The maximum absolute atomic E-state index is 11.9. The average Bonchev–Trinajstić information content (AvgIpc) is 2.52. The first kappa shape index (κ1) is 17.1. The minimum absolute atomic E-state index is 0.0594. The number of ether oxygens (including phenoxy) is 2. The van der Waals surface area contributed by atoms with Crippen molar-refractivity contribution in [3.8, 4) is 5.75 Å². The number of esters is 1. The molecule has 23 heavy (non-hydrogen) atoms. The summed E-state index contributed by atoms with van der Waals surface area (Å²) in [6, 6.07) is 10.5. The molecule has 0 radical (unpaired) electrons. The van der Waals surface area contributed by atoms with Gasteiger partial charge in [-0.2, -0.15) is 0 Å². The fraction of sp³-hybridized carbons (Fsp3) is 0.133. The minimum atomic E-state index is -0.845. The third-order valence-corrected chi connectivity index (χ3v) is 3.33. The first-order valence-electron chi connectivity index (χ1n) is 6.47. The summed E-state index contributed by atoms with van der Waals surface area (Å²) in [5.74, 6) is -0.388. The van der Waals surface area contributed by atoms with Crippen LogP contribution in [0.5, 0.6) is 5.75 Å². The Labute approximate surface area is 141 Å². The Balaban J connectivity index is 1.94. The predicted molar refractivity (Wildman–Crippen MR) is 85.3 cm³/mol. The number of rotatable bonds is 6. The van der Waals surface area contributed by atoms with Gasteiger partial charge in [-0.3, -0.25) is 10.1 Å². The van der Waals surface area contributed by atoms with Crippen molar-refractivity contribution in [3.05, 3.63) is 68.2 Å². The molecule has 6 nitrogen and oxygen atoms in total. The van der Waals surface area contributed by atoms with E-state index < -0.39 is 10.9 Å². The second kappa shape index (κ2) is 7.80. The summed E-state index contributed by atoms with van der Waals surface area (Å²) in [4.78, 5) is 22.2. The lowest BCUT2D eigenvalue weighted by molar-refractivity contribution is -0.385. The van der Waals surface area contributed by atoms with Crippen molar-refractivity contribution >= 4 is 34.9 Å². The molecule has 0 atom stereocenters. The molecule has 0 aliphatic heterocycles. The highest BCUT2D eigenvalue weighted by molar-refractivity contribution is 6.32. The molecule has 0 bridgehead atoms. The van der Waals surface area contributed by atoms with Crippen molar-refractivity contribution in [2.45, 2.75) is 0 Å². The van der Waals surface area contributed by atoms with E-state index in [4.69, 9.17) is 32.7 Å². The van der Waals surface area contributed by atoms with E-state index in [-0.39, 0.29) is 29.5 Å². The third kappa shape index (κ3) is 4.58. The Morgan fingerprint density at radius 2 is 1.87 bits per heavy atom. The largest absolute Gasteiger partial charge is 0.488 e. The van der Waals surface area contributed by atoms with E-state index in [1.807, 2.05) is 0 Å². The molecule has 0 amide bonds. The van der Waals surface area contributed by atoms with Gasteiger partial charge in [-0.25, -0.2) is 4.79 Å². The summed E-state index contributed by atoms with van der Waals surface area (Å²) < 4.78 is 10.3. The van der Waals surface area contributed by atoms with Crippen LogP contribution in [0.2, 0.25) is 10.0 Å². The van der Waals surface area contributed by atoms with Crippen LogP contribution in [0.15, 0.2) is 42.5 Å². The Morgan fingerprint density at radius 1 is 1.13 bits per heavy atom. The topological polar surface area (TPSA) is 78.7 Å². The second-order valence-corrected chi connectivity index (χ2v) is 5.18. The SMILES string of the molecule is O=C(OCCOc1ccccc1Cl)c1cc(Cl)ccc1[N+](=O)[O-]. The molecule has 0 unspecified atom stereocenters. The number of nitro benzene ring substituents is 1. The molecule has 8 heteroatoms. The van der Waals surface area contributed by atoms with E-state index in [1.54, 1.807) is 24.3 Å². The molecular formula is C15H11Cl2NO5. The number of benzene rings is 2. The van der Waals surface area contributed by atoms with Crippen molar-refractivity contribution in [3.63, 3.8) is 0 Å². The molecule has 0 spiro atoms. The number of nitro groups is 1. The Hall–Kier alpha value is -2.31. The van der Waals surface area contributed by atoms with Crippen LogP contribution >= 0.6 is 23.2 Å². The van der Waals surface area contributed by atoms with Crippen LogP contribution < -0.4 is 4.74 Å². The number of carbonyl (C=O) groups is 1. The highest BCUT2D eigenvalue weighted by Gasteiger charge is 2.21. The lowest BCUT2D eigenvalue weighted by atomic mass is 10.2. The summed E-state index contributed by atoms with van der Waals surface area (Å²) in [7, 11) is 0. The number of hydrogen-bond acceptors (Lipinski definition) is 5. The average molecular weight is 356 g/mol. The molecule has 0 saturated heterocycles. The molecule has 0 heterocycles. The van der Waals surface area contributed by atoms with Crippen molar-refractivity contribution in [1.82, 2.24) is 0 Å². The van der Waals surface area contributed by atoms with Gasteiger partial charge in [-0.1, -0.05) is 35.3 Å². The molecule has 0 aliphatic carbocycles. The van der Waals surface area contributed by atoms with Gasteiger partial charge in [0.15, 0.2) is 0 Å². The molecule has 2 aromatic carbocycles. The second-order valence-electron chi connectivity index (χ2n) is 4.33. The van der Waals surface area contributed by atoms with E-state index in [1.165, 1.54) is 12.1 Å². The molecule has 0 N–H and O–H groups in total. The van der Waals surface area contributed by atoms with E-state index in [9.17, 15) is 14.9 Å². The summed E-state index contributed by atoms with van der Waals surface area (Å²) in [5.41, 5.74) is -0.577. The number of hydrogen-bond donors (Lipinski definition) is 0. The predicted octanol–water partition coefficient (Wildman–Crippen LogP) is 4.14. The lowest BCUT2D eigenvalue weighted by Crippen LogP contribution is -2.13. The zero-order chi connectivity index (χ0) is 16.8. The van der Waals surface area contributed by atoms with E-state index in [0.29, 0.717) is 10.8 Å². The van der Waals surface area contributed by atoms with Crippen LogP contribution in [0.3, 0.4) is 0 Å². The van der Waals surface area contributed by atoms with Gasteiger partial charge in [0.25, 0.3) is 5.69 Å². The maximum Gasteiger partial charge on any atom is 0.345 e. The zero-order valence-corrected chi connectivity index (χ0v) is 13.2. The lowest BCUT2D eigenvalue weighted by Gasteiger charge is -2.09. The summed E-state index contributed by atoms with van der Waals surface area (Å²) >= 11 is 11.7. The zero-order valence-electron chi connectivity index (χ0n) is 11.7.